The molecule has 0 aliphatic heterocycles. The summed E-state index contributed by atoms with van der Waals surface area (Å²) in [7, 11) is 2.19. The Bertz CT molecular complexity index is 103. The Kier molecular flexibility index (Phi) is 7.29. The number of rotatable bonds is 7. The molecule has 0 heterocycles. The Labute approximate surface area is 83.5 Å². The first kappa shape index (κ1) is 12.9. The van der Waals surface area contributed by atoms with Crippen LogP contribution < -0.4 is 5.73 Å². The van der Waals surface area contributed by atoms with Gasteiger partial charge in [-0.2, -0.15) is 0 Å². The maximum Gasteiger partial charge on any atom is 0.0241 e. The lowest BCUT2D eigenvalue weighted by molar-refractivity contribution is 0.199. The van der Waals surface area contributed by atoms with Crippen LogP contribution in [0.5, 0.6) is 0 Å². The van der Waals surface area contributed by atoms with Crippen LogP contribution in [0.25, 0.3) is 0 Å². The van der Waals surface area contributed by atoms with E-state index in [9.17, 15) is 0 Å². The average molecular weight is 186 g/mol. The van der Waals surface area contributed by atoms with Crippen LogP contribution in [-0.4, -0.2) is 30.6 Å². The summed E-state index contributed by atoms with van der Waals surface area (Å²) in [6.07, 6.45) is 4.72. The molecule has 0 saturated carbocycles. The normalized spacial score (nSPS) is 16.2. The highest BCUT2D eigenvalue weighted by atomic mass is 15.1. The third-order valence-electron chi connectivity index (χ3n) is 2.68. The average Bonchev–Trinajstić information content (AvgIpc) is 2.06. The van der Waals surface area contributed by atoms with Crippen molar-refractivity contribution in [2.45, 2.75) is 58.5 Å². The van der Waals surface area contributed by atoms with E-state index in [-0.39, 0.29) is 0 Å². The van der Waals surface area contributed by atoms with Crippen molar-refractivity contribution < 1.29 is 0 Å². The van der Waals surface area contributed by atoms with Crippen LogP contribution in [0.2, 0.25) is 0 Å². The summed E-state index contributed by atoms with van der Waals surface area (Å²) >= 11 is 0. The van der Waals surface area contributed by atoms with Crippen LogP contribution >= 0.6 is 0 Å². The predicted octanol–water partition coefficient (Wildman–Crippen LogP) is 2.23. The van der Waals surface area contributed by atoms with E-state index in [4.69, 9.17) is 5.73 Å². The van der Waals surface area contributed by atoms with Gasteiger partial charge in [-0.15, -0.1) is 0 Å². The molecular formula is C11H26N2. The number of nitrogens with zero attached hydrogens (tertiary/aromatic N) is 1. The van der Waals surface area contributed by atoms with Crippen molar-refractivity contribution in [2.75, 3.05) is 13.6 Å². The Morgan fingerprint density at radius 3 is 2.15 bits per heavy atom. The lowest BCUT2D eigenvalue weighted by atomic mass is 10.0. The zero-order valence-electron chi connectivity index (χ0n) is 9.71. The van der Waals surface area contributed by atoms with E-state index in [1.54, 1.807) is 0 Å². The zero-order valence-corrected chi connectivity index (χ0v) is 9.71. The quantitative estimate of drug-likeness (QED) is 0.660. The monoisotopic (exact) mass is 186 g/mol. The van der Waals surface area contributed by atoms with Gasteiger partial charge >= 0.3 is 0 Å². The van der Waals surface area contributed by atoms with E-state index >= 15 is 0 Å². The van der Waals surface area contributed by atoms with Gasteiger partial charge in [-0.3, -0.25) is 0 Å². The molecule has 0 aromatic heterocycles. The Hall–Kier alpha value is -0.0800. The minimum Gasteiger partial charge on any atom is -0.326 e. The summed E-state index contributed by atoms with van der Waals surface area (Å²) in [4.78, 5) is 2.40. The van der Waals surface area contributed by atoms with Gasteiger partial charge < -0.3 is 10.6 Å². The summed E-state index contributed by atoms with van der Waals surface area (Å²) < 4.78 is 0. The number of hydrogen-bond donors (Lipinski definition) is 1. The predicted molar refractivity (Wildman–Crippen MR) is 59.9 cm³/mol. The summed E-state index contributed by atoms with van der Waals surface area (Å²) in [5, 5.41) is 0. The van der Waals surface area contributed by atoms with E-state index in [0.29, 0.717) is 12.1 Å². The molecule has 2 N–H and O–H groups in total. The molecule has 0 amide bonds. The summed E-state index contributed by atoms with van der Waals surface area (Å²) in [6.45, 7) is 7.81. The van der Waals surface area contributed by atoms with Gasteiger partial charge in [0.05, 0.1) is 0 Å². The molecule has 0 aromatic carbocycles. The third kappa shape index (κ3) is 4.63. The largest absolute Gasteiger partial charge is 0.326 e. The molecular weight excluding hydrogens is 160 g/mol. The lowest BCUT2D eigenvalue weighted by Crippen LogP contribution is -2.45. The highest BCUT2D eigenvalue weighted by Crippen LogP contribution is 2.10. The number of hydrogen-bond acceptors (Lipinski definition) is 2. The Morgan fingerprint density at radius 2 is 1.77 bits per heavy atom. The van der Waals surface area contributed by atoms with Crippen LogP contribution in [0.3, 0.4) is 0 Å². The fourth-order valence-electron chi connectivity index (χ4n) is 1.99. The highest BCUT2D eigenvalue weighted by molar-refractivity contribution is 4.78. The second-order valence-corrected chi connectivity index (χ2v) is 3.91. The molecule has 2 atom stereocenters. The third-order valence-corrected chi connectivity index (χ3v) is 2.68. The van der Waals surface area contributed by atoms with Crippen LogP contribution in [0.15, 0.2) is 0 Å². The van der Waals surface area contributed by atoms with Crippen molar-refractivity contribution in [2.24, 2.45) is 5.73 Å². The van der Waals surface area contributed by atoms with Gasteiger partial charge in [-0.25, -0.2) is 0 Å². The second-order valence-electron chi connectivity index (χ2n) is 3.91. The minimum atomic E-state index is 0.353. The molecule has 0 radical (unpaired) electrons. The van der Waals surface area contributed by atoms with Crippen molar-refractivity contribution >= 4 is 0 Å². The van der Waals surface area contributed by atoms with E-state index in [0.717, 1.165) is 19.4 Å². The molecule has 0 saturated heterocycles. The summed E-state index contributed by atoms with van der Waals surface area (Å²) in [5.41, 5.74) is 6.13. The van der Waals surface area contributed by atoms with Gasteiger partial charge in [0.2, 0.25) is 0 Å². The van der Waals surface area contributed by atoms with Gasteiger partial charge in [0, 0.05) is 12.1 Å². The topological polar surface area (TPSA) is 29.3 Å². The molecule has 0 fully saturated rings. The van der Waals surface area contributed by atoms with Crippen molar-refractivity contribution in [3.05, 3.63) is 0 Å². The maximum absolute atomic E-state index is 6.13. The molecule has 2 unspecified atom stereocenters. The summed E-state index contributed by atoms with van der Waals surface area (Å²) in [5.74, 6) is 0. The molecule has 0 bridgehead atoms. The van der Waals surface area contributed by atoms with Crippen molar-refractivity contribution in [1.29, 1.82) is 0 Å². The van der Waals surface area contributed by atoms with Crippen LogP contribution in [0.4, 0.5) is 0 Å². The Morgan fingerprint density at radius 1 is 1.15 bits per heavy atom. The fraction of sp³-hybridized carbons (Fsp3) is 1.00. The second kappa shape index (κ2) is 7.34. The van der Waals surface area contributed by atoms with Gasteiger partial charge in [0.15, 0.2) is 0 Å². The first-order valence-electron chi connectivity index (χ1n) is 5.63. The maximum atomic E-state index is 6.13. The highest BCUT2D eigenvalue weighted by Gasteiger charge is 2.18. The molecule has 0 aromatic rings. The van der Waals surface area contributed by atoms with Crippen LogP contribution in [-0.2, 0) is 0 Å². The van der Waals surface area contributed by atoms with E-state index in [1.165, 1.54) is 12.8 Å². The summed E-state index contributed by atoms with van der Waals surface area (Å²) in [6, 6.07) is 0.923. The molecule has 0 spiro atoms. The van der Waals surface area contributed by atoms with Gasteiger partial charge in [-0.05, 0) is 32.9 Å². The first-order chi connectivity index (χ1) is 6.17. The number of nitrogens with two attached hydrogens (primary N) is 1. The smallest absolute Gasteiger partial charge is 0.0241 e. The van der Waals surface area contributed by atoms with Crippen LogP contribution in [0, 0.1) is 0 Å². The lowest BCUT2D eigenvalue weighted by Gasteiger charge is -2.31. The molecule has 0 aliphatic rings. The molecule has 80 valence electrons. The standard InChI is InChI=1S/C11H26N2/c1-5-8-10(12)11(7-3)13(4)9-6-2/h10-11H,5-9,12H2,1-4H3. The molecule has 2 heteroatoms. The van der Waals surface area contributed by atoms with Gasteiger partial charge in [0.25, 0.3) is 0 Å². The van der Waals surface area contributed by atoms with Crippen LogP contribution in [0.1, 0.15) is 46.5 Å². The molecule has 2 nitrogen and oxygen atoms in total. The van der Waals surface area contributed by atoms with Crippen molar-refractivity contribution in [3.63, 3.8) is 0 Å². The number of likely N-dealkylation sites (N-methyl/N-ethyl adjacent to an activating group) is 1. The Balaban J connectivity index is 3.98. The zero-order chi connectivity index (χ0) is 10.3. The fourth-order valence-corrected chi connectivity index (χ4v) is 1.99. The van der Waals surface area contributed by atoms with E-state index in [1.807, 2.05) is 0 Å². The SMILES string of the molecule is CCCC(N)C(CC)N(C)CCC. The van der Waals surface area contributed by atoms with Gasteiger partial charge in [0.1, 0.15) is 0 Å². The van der Waals surface area contributed by atoms with Crippen molar-refractivity contribution in [1.82, 2.24) is 4.90 Å². The first-order valence-corrected chi connectivity index (χ1v) is 5.63. The molecule has 0 aliphatic carbocycles. The van der Waals surface area contributed by atoms with E-state index in [2.05, 4.69) is 32.7 Å². The van der Waals surface area contributed by atoms with Gasteiger partial charge in [-0.1, -0.05) is 27.2 Å². The van der Waals surface area contributed by atoms with E-state index < -0.39 is 0 Å². The molecule has 13 heavy (non-hydrogen) atoms. The molecule has 0 rings (SSSR count). The minimum absolute atomic E-state index is 0.353. The van der Waals surface area contributed by atoms with Crippen molar-refractivity contribution in [3.8, 4) is 0 Å².